The molecule has 0 atom stereocenters. The van der Waals surface area contributed by atoms with Crippen LogP contribution in [0.2, 0.25) is 0 Å². The molecule has 1 aromatic rings. The van der Waals surface area contributed by atoms with E-state index < -0.39 is 0 Å². The largest absolute Gasteiger partial charge is 0.325 e. The predicted molar refractivity (Wildman–Crippen MR) is 64.6 cm³/mol. The van der Waals surface area contributed by atoms with Crippen LogP contribution < -0.4 is 16.6 Å². The van der Waals surface area contributed by atoms with Crippen LogP contribution >= 0.6 is 0 Å². The van der Waals surface area contributed by atoms with Crippen LogP contribution in [0, 0.1) is 0 Å². The van der Waals surface area contributed by atoms with Gasteiger partial charge in [0.1, 0.15) is 0 Å². The molecule has 4 heteroatoms. The summed E-state index contributed by atoms with van der Waals surface area (Å²) in [5.74, 6) is 5.95. The molecule has 4 nitrogen and oxygen atoms in total. The topological polar surface area (TPSA) is 62.4 Å². The smallest absolute Gasteiger partial charge is 0.210 e. The number of anilines is 1. The Hall–Kier alpha value is -1.55. The van der Waals surface area contributed by atoms with E-state index in [4.69, 9.17) is 5.84 Å². The van der Waals surface area contributed by atoms with Crippen molar-refractivity contribution >= 4 is 11.6 Å². The maximum atomic E-state index is 5.38. The first-order valence-electron chi connectivity index (χ1n) is 4.90. The molecule has 0 saturated carbocycles. The Morgan fingerprint density at radius 1 is 1.20 bits per heavy atom. The van der Waals surface area contributed by atoms with E-state index >= 15 is 0 Å². The molecule has 0 aliphatic rings. The molecule has 1 rings (SSSR count). The average molecular weight is 206 g/mol. The molecule has 0 aliphatic carbocycles. The number of rotatable bonds is 1. The second-order valence-corrected chi connectivity index (χ2v) is 4.27. The number of nitrogens with zero attached hydrogens (tertiary/aromatic N) is 1. The Balaban J connectivity index is 2.75. The number of hydrogen-bond acceptors (Lipinski definition) is 2. The first-order valence-corrected chi connectivity index (χ1v) is 4.90. The number of hydrazine groups is 1. The lowest BCUT2D eigenvalue weighted by Crippen LogP contribution is -2.38. The van der Waals surface area contributed by atoms with Gasteiger partial charge in [0.2, 0.25) is 5.96 Å². The molecule has 0 fully saturated rings. The van der Waals surface area contributed by atoms with Crippen molar-refractivity contribution in [1.82, 2.24) is 5.43 Å². The lowest BCUT2D eigenvalue weighted by molar-refractivity contribution is 0.579. The minimum Gasteiger partial charge on any atom is -0.325 e. The Kier molecular flexibility index (Phi) is 3.68. The lowest BCUT2D eigenvalue weighted by atomic mass is 10.1. The molecular formula is C11H18N4. The molecule has 15 heavy (non-hydrogen) atoms. The number of nitrogens with two attached hydrogens (primary N) is 1. The number of nitrogens with one attached hydrogen (secondary N) is 2. The Bertz CT molecular complexity index is 324. The summed E-state index contributed by atoms with van der Waals surface area (Å²) in [6.45, 7) is 6.03. The summed E-state index contributed by atoms with van der Waals surface area (Å²) >= 11 is 0. The van der Waals surface area contributed by atoms with Gasteiger partial charge in [0.05, 0.1) is 5.54 Å². The van der Waals surface area contributed by atoms with Crippen molar-refractivity contribution in [3.8, 4) is 0 Å². The molecule has 0 aliphatic heterocycles. The highest BCUT2D eigenvalue weighted by atomic mass is 15.3. The fraction of sp³-hybridized carbons (Fsp3) is 0.364. The molecule has 0 bridgehead atoms. The van der Waals surface area contributed by atoms with Gasteiger partial charge in [-0.2, -0.15) is 0 Å². The SMILES string of the molecule is CC(C)(C)N=C(NN)Nc1ccccc1. The Morgan fingerprint density at radius 3 is 2.27 bits per heavy atom. The molecule has 0 saturated heterocycles. The molecule has 0 heterocycles. The number of guanidine groups is 1. The molecular weight excluding hydrogens is 188 g/mol. The van der Waals surface area contributed by atoms with Crippen molar-refractivity contribution in [3.05, 3.63) is 30.3 Å². The third kappa shape index (κ3) is 4.46. The van der Waals surface area contributed by atoms with Gasteiger partial charge < -0.3 is 5.32 Å². The van der Waals surface area contributed by atoms with Crippen LogP contribution in [0.1, 0.15) is 20.8 Å². The van der Waals surface area contributed by atoms with Crippen LogP contribution in [0.5, 0.6) is 0 Å². The highest BCUT2D eigenvalue weighted by Gasteiger charge is 2.09. The number of aliphatic imine (C=N–C) groups is 1. The van der Waals surface area contributed by atoms with Gasteiger partial charge in [-0.25, -0.2) is 10.8 Å². The fourth-order valence-electron chi connectivity index (χ4n) is 1.09. The van der Waals surface area contributed by atoms with Gasteiger partial charge in [-0.15, -0.1) is 0 Å². The maximum absolute atomic E-state index is 5.38. The van der Waals surface area contributed by atoms with Crippen LogP contribution in [0.4, 0.5) is 5.69 Å². The Morgan fingerprint density at radius 2 is 1.80 bits per heavy atom. The number of hydrogen-bond donors (Lipinski definition) is 3. The number of para-hydroxylation sites is 1. The van der Waals surface area contributed by atoms with Gasteiger partial charge in [-0.05, 0) is 32.9 Å². The van der Waals surface area contributed by atoms with E-state index in [0.29, 0.717) is 5.96 Å². The molecule has 4 N–H and O–H groups in total. The van der Waals surface area contributed by atoms with Crippen LogP contribution in [0.3, 0.4) is 0 Å². The van der Waals surface area contributed by atoms with Gasteiger partial charge in [0, 0.05) is 5.69 Å². The van der Waals surface area contributed by atoms with Gasteiger partial charge in [-0.1, -0.05) is 18.2 Å². The molecule has 0 radical (unpaired) electrons. The van der Waals surface area contributed by atoms with E-state index in [1.807, 2.05) is 51.1 Å². The normalized spacial score (nSPS) is 12.4. The van der Waals surface area contributed by atoms with Gasteiger partial charge in [0.15, 0.2) is 0 Å². The van der Waals surface area contributed by atoms with Crippen molar-refractivity contribution in [2.75, 3.05) is 5.32 Å². The third-order valence-electron chi connectivity index (χ3n) is 1.62. The van der Waals surface area contributed by atoms with Crippen molar-refractivity contribution in [2.45, 2.75) is 26.3 Å². The fourth-order valence-corrected chi connectivity index (χ4v) is 1.09. The molecule has 82 valence electrons. The summed E-state index contributed by atoms with van der Waals surface area (Å²) in [5.41, 5.74) is 3.34. The van der Waals surface area contributed by atoms with Gasteiger partial charge in [0.25, 0.3) is 0 Å². The molecule has 0 spiro atoms. The maximum Gasteiger partial charge on any atom is 0.210 e. The van der Waals surface area contributed by atoms with Crippen molar-refractivity contribution in [1.29, 1.82) is 0 Å². The molecule has 1 aromatic carbocycles. The third-order valence-corrected chi connectivity index (χ3v) is 1.62. The summed E-state index contributed by atoms with van der Waals surface area (Å²) in [5, 5.41) is 3.10. The summed E-state index contributed by atoms with van der Waals surface area (Å²) in [6, 6.07) is 9.77. The summed E-state index contributed by atoms with van der Waals surface area (Å²) in [4.78, 5) is 4.39. The van der Waals surface area contributed by atoms with Crippen LogP contribution in [-0.2, 0) is 0 Å². The monoisotopic (exact) mass is 206 g/mol. The summed E-state index contributed by atoms with van der Waals surface area (Å²) in [7, 11) is 0. The van der Waals surface area contributed by atoms with Crippen molar-refractivity contribution in [2.24, 2.45) is 10.8 Å². The minimum absolute atomic E-state index is 0.163. The predicted octanol–water partition coefficient (Wildman–Crippen LogP) is 1.72. The van der Waals surface area contributed by atoms with E-state index in [1.54, 1.807) is 0 Å². The van der Waals surface area contributed by atoms with Crippen LogP contribution in [0.25, 0.3) is 0 Å². The lowest BCUT2D eigenvalue weighted by Gasteiger charge is -2.16. The van der Waals surface area contributed by atoms with E-state index in [2.05, 4.69) is 15.7 Å². The summed E-state index contributed by atoms with van der Waals surface area (Å²) < 4.78 is 0. The van der Waals surface area contributed by atoms with E-state index in [1.165, 1.54) is 0 Å². The second-order valence-electron chi connectivity index (χ2n) is 4.27. The quantitative estimate of drug-likeness (QED) is 0.284. The van der Waals surface area contributed by atoms with Crippen LogP contribution in [-0.4, -0.2) is 11.5 Å². The Labute approximate surface area is 90.6 Å². The van der Waals surface area contributed by atoms with E-state index in [9.17, 15) is 0 Å². The highest BCUT2D eigenvalue weighted by molar-refractivity contribution is 5.93. The number of benzene rings is 1. The molecule has 0 unspecified atom stereocenters. The first-order chi connectivity index (χ1) is 7.01. The zero-order valence-electron chi connectivity index (χ0n) is 9.41. The van der Waals surface area contributed by atoms with E-state index in [0.717, 1.165) is 5.69 Å². The van der Waals surface area contributed by atoms with Gasteiger partial charge >= 0.3 is 0 Å². The molecule has 0 aromatic heterocycles. The highest BCUT2D eigenvalue weighted by Crippen LogP contribution is 2.08. The van der Waals surface area contributed by atoms with E-state index in [-0.39, 0.29) is 5.54 Å². The van der Waals surface area contributed by atoms with Crippen molar-refractivity contribution in [3.63, 3.8) is 0 Å². The first kappa shape index (κ1) is 11.5. The summed E-state index contributed by atoms with van der Waals surface area (Å²) in [6.07, 6.45) is 0. The van der Waals surface area contributed by atoms with Crippen molar-refractivity contribution < 1.29 is 0 Å². The molecule has 0 amide bonds. The second kappa shape index (κ2) is 4.79. The zero-order valence-corrected chi connectivity index (χ0v) is 9.41. The van der Waals surface area contributed by atoms with Gasteiger partial charge in [-0.3, -0.25) is 5.43 Å². The zero-order chi connectivity index (χ0) is 11.3. The van der Waals surface area contributed by atoms with Crippen LogP contribution in [0.15, 0.2) is 35.3 Å². The standard InChI is InChI=1S/C11H18N4/c1-11(2,3)14-10(15-12)13-9-7-5-4-6-8-9/h4-8H,12H2,1-3H3,(H2,13,14,15). The minimum atomic E-state index is -0.163. The average Bonchev–Trinajstić information content (AvgIpc) is 2.16.